The summed E-state index contributed by atoms with van der Waals surface area (Å²) in [5.41, 5.74) is 1.56. The number of hydrogen-bond donors (Lipinski definition) is 2. The van der Waals surface area contributed by atoms with E-state index in [1.54, 1.807) is 18.5 Å². The second-order valence-corrected chi connectivity index (χ2v) is 8.47. The maximum absolute atomic E-state index is 12.6. The molecular formula is C21H19F2N3O4S. The number of carbonyl (C=O) groups excluding carboxylic acids is 1. The van der Waals surface area contributed by atoms with Crippen molar-refractivity contribution in [3.05, 3.63) is 84.2 Å². The highest BCUT2D eigenvalue weighted by molar-refractivity contribution is 7.90. The number of halogens is 2. The molecule has 0 unspecified atom stereocenters. The topological polar surface area (TPSA) is 97.4 Å². The first-order valence-corrected chi connectivity index (χ1v) is 10.8. The number of amides is 2. The number of nitrogens with zero attached hydrogens (tertiary/aromatic N) is 1. The van der Waals surface area contributed by atoms with Gasteiger partial charge < -0.3 is 15.4 Å². The number of anilines is 1. The van der Waals surface area contributed by atoms with Crippen molar-refractivity contribution in [3.63, 3.8) is 0 Å². The summed E-state index contributed by atoms with van der Waals surface area (Å²) in [7, 11) is -3.73. The van der Waals surface area contributed by atoms with E-state index in [0.717, 1.165) is 5.56 Å². The monoisotopic (exact) mass is 447 g/mol. The molecule has 0 bridgehead atoms. The van der Waals surface area contributed by atoms with Crippen LogP contribution in [0.5, 0.6) is 5.75 Å². The molecular weight excluding hydrogens is 428 g/mol. The average Bonchev–Trinajstić information content (AvgIpc) is 2.73. The predicted octanol–water partition coefficient (Wildman–Crippen LogP) is 3.98. The zero-order chi connectivity index (χ0) is 22.3. The summed E-state index contributed by atoms with van der Waals surface area (Å²) in [4.78, 5) is 16.0. The molecule has 10 heteroatoms. The smallest absolute Gasteiger partial charge is 0.387 e. The van der Waals surface area contributed by atoms with Gasteiger partial charge in [-0.25, -0.2) is 13.2 Å². The molecule has 0 atom stereocenters. The van der Waals surface area contributed by atoms with E-state index < -0.39 is 22.5 Å². The summed E-state index contributed by atoms with van der Waals surface area (Å²) in [5.74, 6) is -0.495. The van der Waals surface area contributed by atoms with E-state index in [4.69, 9.17) is 0 Å². The number of rotatable bonds is 8. The van der Waals surface area contributed by atoms with Gasteiger partial charge in [0.05, 0.1) is 10.6 Å². The molecule has 0 radical (unpaired) electrons. The van der Waals surface area contributed by atoms with E-state index in [0.29, 0.717) is 17.8 Å². The van der Waals surface area contributed by atoms with Gasteiger partial charge in [-0.05, 0) is 53.6 Å². The quantitative estimate of drug-likeness (QED) is 0.545. The molecule has 31 heavy (non-hydrogen) atoms. The Balaban J connectivity index is 1.60. The molecule has 0 fully saturated rings. The Bertz CT molecular complexity index is 1120. The van der Waals surface area contributed by atoms with Gasteiger partial charge in [0, 0.05) is 24.6 Å². The summed E-state index contributed by atoms with van der Waals surface area (Å²) < 4.78 is 54.2. The SMILES string of the molecule is O=C(NCc1cccnc1)Nc1ccc(S(=O)(=O)Cc2cccc(OC(F)F)c2)cc1. The van der Waals surface area contributed by atoms with Crippen molar-refractivity contribution in [1.29, 1.82) is 0 Å². The number of sulfone groups is 1. The summed E-state index contributed by atoms with van der Waals surface area (Å²) in [6, 6.07) is 14.3. The summed E-state index contributed by atoms with van der Waals surface area (Å²) in [6.45, 7) is -2.70. The summed E-state index contributed by atoms with van der Waals surface area (Å²) >= 11 is 0. The Hall–Kier alpha value is -3.53. The van der Waals surface area contributed by atoms with Gasteiger partial charge in [-0.1, -0.05) is 18.2 Å². The highest BCUT2D eigenvalue weighted by Crippen LogP contribution is 2.22. The number of ether oxygens (including phenoxy) is 1. The fourth-order valence-electron chi connectivity index (χ4n) is 2.72. The molecule has 1 heterocycles. The lowest BCUT2D eigenvalue weighted by Gasteiger charge is -2.10. The van der Waals surface area contributed by atoms with Crippen LogP contribution in [0.4, 0.5) is 19.3 Å². The first-order valence-electron chi connectivity index (χ1n) is 9.12. The second-order valence-electron chi connectivity index (χ2n) is 6.48. The van der Waals surface area contributed by atoms with E-state index in [9.17, 15) is 22.0 Å². The lowest BCUT2D eigenvalue weighted by atomic mass is 10.2. The van der Waals surface area contributed by atoms with Crippen LogP contribution in [0, 0.1) is 0 Å². The van der Waals surface area contributed by atoms with Crippen molar-refractivity contribution < 1.29 is 26.7 Å². The largest absolute Gasteiger partial charge is 0.435 e. The van der Waals surface area contributed by atoms with Gasteiger partial charge in [0.15, 0.2) is 9.84 Å². The molecule has 2 N–H and O–H groups in total. The maximum atomic E-state index is 12.6. The fourth-order valence-corrected chi connectivity index (χ4v) is 4.06. The summed E-state index contributed by atoms with van der Waals surface area (Å²) in [5, 5.41) is 5.28. The molecule has 0 saturated heterocycles. The van der Waals surface area contributed by atoms with Crippen molar-refractivity contribution >= 4 is 21.6 Å². The van der Waals surface area contributed by atoms with Crippen molar-refractivity contribution in [2.45, 2.75) is 23.8 Å². The normalized spacial score (nSPS) is 11.2. The lowest BCUT2D eigenvalue weighted by Crippen LogP contribution is -2.28. The van der Waals surface area contributed by atoms with Crippen LogP contribution in [0.15, 0.2) is 78.0 Å². The molecule has 2 amide bonds. The van der Waals surface area contributed by atoms with E-state index in [1.165, 1.54) is 48.5 Å². The number of carbonyl (C=O) groups is 1. The highest BCUT2D eigenvalue weighted by Gasteiger charge is 2.16. The molecule has 0 aliphatic heterocycles. The third kappa shape index (κ3) is 6.75. The molecule has 3 aromatic rings. The van der Waals surface area contributed by atoms with E-state index in [2.05, 4.69) is 20.4 Å². The second kappa shape index (κ2) is 9.98. The van der Waals surface area contributed by atoms with Gasteiger partial charge in [0.25, 0.3) is 0 Å². The van der Waals surface area contributed by atoms with Crippen LogP contribution in [0.3, 0.4) is 0 Å². The number of nitrogens with one attached hydrogen (secondary N) is 2. The van der Waals surface area contributed by atoms with Crippen LogP contribution >= 0.6 is 0 Å². The van der Waals surface area contributed by atoms with Crippen molar-refractivity contribution in [3.8, 4) is 5.75 Å². The highest BCUT2D eigenvalue weighted by atomic mass is 32.2. The van der Waals surface area contributed by atoms with Gasteiger partial charge in [-0.3, -0.25) is 4.98 Å². The molecule has 1 aromatic heterocycles. The Morgan fingerprint density at radius 1 is 1.03 bits per heavy atom. The van der Waals surface area contributed by atoms with Crippen LogP contribution in [-0.4, -0.2) is 26.0 Å². The Morgan fingerprint density at radius 2 is 1.77 bits per heavy atom. The van der Waals surface area contributed by atoms with E-state index >= 15 is 0 Å². The van der Waals surface area contributed by atoms with Crippen LogP contribution in [-0.2, 0) is 22.1 Å². The van der Waals surface area contributed by atoms with Gasteiger partial charge in [-0.2, -0.15) is 8.78 Å². The Labute approximate surface area is 178 Å². The Kier molecular flexibility index (Phi) is 7.14. The number of urea groups is 1. The van der Waals surface area contributed by atoms with Gasteiger partial charge in [0.1, 0.15) is 5.75 Å². The number of pyridine rings is 1. The number of aromatic nitrogens is 1. The lowest BCUT2D eigenvalue weighted by molar-refractivity contribution is -0.0498. The Morgan fingerprint density at radius 3 is 2.45 bits per heavy atom. The maximum Gasteiger partial charge on any atom is 0.387 e. The molecule has 162 valence electrons. The molecule has 0 spiro atoms. The number of alkyl halides is 2. The average molecular weight is 447 g/mol. The molecule has 7 nitrogen and oxygen atoms in total. The standard InChI is InChI=1S/C21H19F2N3O4S/c22-20(23)30-18-5-1-3-15(11-18)14-31(28,29)19-8-6-17(7-9-19)26-21(27)25-13-16-4-2-10-24-12-16/h1-12,20H,13-14H2,(H2,25,26,27). The van der Waals surface area contributed by atoms with Crippen LogP contribution in [0.25, 0.3) is 0 Å². The molecule has 0 aliphatic rings. The van der Waals surface area contributed by atoms with Crippen molar-refractivity contribution in [2.24, 2.45) is 0 Å². The minimum Gasteiger partial charge on any atom is -0.435 e. The first-order chi connectivity index (χ1) is 14.8. The van der Waals surface area contributed by atoms with E-state index in [1.807, 2.05) is 6.07 Å². The number of hydrogen-bond acceptors (Lipinski definition) is 5. The minimum atomic E-state index is -3.73. The molecule has 0 saturated carbocycles. The fraction of sp³-hybridized carbons (Fsp3) is 0.143. The third-order valence-corrected chi connectivity index (χ3v) is 5.83. The number of benzene rings is 2. The zero-order valence-electron chi connectivity index (χ0n) is 16.2. The molecule has 0 aliphatic carbocycles. The van der Waals surface area contributed by atoms with E-state index in [-0.39, 0.29) is 16.4 Å². The van der Waals surface area contributed by atoms with Crippen molar-refractivity contribution in [2.75, 3.05) is 5.32 Å². The zero-order valence-corrected chi connectivity index (χ0v) is 17.0. The van der Waals surface area contributed by atoms with Gasteiger partial charge in [-0.15, -0.1) is 0 Å². The van der Waals surface area contributed by atoms with Crippen LogP contribution in [0.2, 0.25) is 0 Å². The third-order valence-electron chi connectivity index (χ3n) is 4.13. The summed E-state index contributed by atoms with van der Waals surface area (Å²) in [6.07, 6.45) is 3.27. The molecule has 3 rings (SSSR count). The van der Waals surface area contributed by atoms with Gasteiger partial charge >= 0.3 is 12.6 Å². The van der Waals surface area contributed by atoms with Crippen LogP contribution in [0.1, 0.15) is 11.1 Å². The molecule has 2 aromatic carbocycles. The predicted molar refractivity (Wildman–Crippen MR) is 111 cm³/mol. The van der Waals surface area contributed by atoms with Crippen LogP contribution < -0.4 is 15.4 Å². The minimum absolute atomic E-state index is 0.0361. The van der Waals surface area contributed by atoms with Gasteiger partial charge in [0.2, 0.25) is 0 Å². The first kappa shape index (κ1) is 22.2. The van der Waals surface area contributed by atoms with Crippen molar-refractivity contribution in [1.82, 2.24) is 10.3 Å².